The summed E-state index contributed by atoms with van der Waals surface area (Å²) in [6.45, 7) is 1.33. The van der Waals surface area contributed by atoms with Crippen LogP contribution in [0.15, 0.2) is 70.3 Å². The van der Waals surface area contributed by atoms with Gasteiger partial charge in [-0.2, -0.15) is 0 Å². The van der Waals surface area contributed by atoms with Crippen LogP contribution in [0.5, 0.6) is 0 Å². The second kappa shape index (κ2) is 7.89. The summed E-state index contributed by atoms with van der Waals surface area (Å²) >= 11 is 1.01. The Morgan fingerprint density at radius 1 is 1.11 bits per heavy atom. The molecule has 1 amide bonds. The fourth-order valence-corrected chi connectivity index (χ4v) is 5.06. The predicted octanol–water partition coefficient (Wildman–Crippen LogP) is 4.03. The Labute approximate surface area is 161 Å². The Morgan fingerprint density at radius 2 is 1.89 bits per heavy atom. The molecule has 0 fully saturated rings. The van der Waals surface area contributed by atoms with E-state index in [1.165, 1.54) is 24.3 Å². The molecule has 0 radical (unpaired) electrons. The van der Waals surface area contributed by atoms with Crippen LogP contribution in [0.2, 0.25) is 0 Å². The number of benzene rings is 2. The van der Waals surface area contributed by atoms with Crippen LogP contribution < -0.4 is 9.62 Å². The molecule has 5 nitrogen and oxygen atoms in total. The molecule has 1 heterocycles. The molecule has 0 aliphatic rings. The van der Waals surface area contributed by atoms with Crippen LogP contribution in [-0.2, 0) is 14.8 Å². The number of hydrogen-bond acceptors (Lipinski definition) is 4. The van der Waals surface area contributed by atoms with E-state index in [9.17, 15) is 17.6 Å². The molecule has 0 spiro atoms. The predicted molar refractivity (Wildman–Crippen MR) is 105 cm³/mol. The minimum Gasteiger partial charge on any atom is -0.325 e. The first-order chi connectivity index (χ1) is 12.9. The zero-order chi connectivity index (χ0) is 19.4. The van der Waals surface area contributed by atoms with Crippen molar-refractivity contribution in [3.63, 3.8) is 0 Å². The van der Waals surface area contributed by atoms with Gasteiger partial charge in [0.25, 0.3) is 10.0 Å². The SMILES string of the molecule is Cc1cccc(NC(=O)CN(c2ccccc2F)S(=O)(=O)c2cccs2)c1. The van der Waals surface area contributed by atoms with Gasteiger partial charge in [-0.15, -0.1) is 11.3 Å². The number of halogens is 1. The Hall–Kier alpha value is -2.71. The normalized spacial score (nSPS) is 11.2. The quantitative estimate of drug-likeness (QED) is 0.675. The largest absolute Gasteiger partial charge is 0.325 e. The van der Waals surface area contributed by atoms with Gasteiger partial charge in [-0.25, -0.2) is 12.8 Å². The summed E-state index contributed by atoms with van der Waals surface area (Å²) in [7, 11) is -4.08. The maximum absolute atomic E-state index is 14.3. The lowest BCUT2D eigenvalue weighted by Crippen LogP contribution is -2.38. The average molecular weight is 404 g/mol. The zero-order valence-corrected chi connectivity index (χ0v) is 16.1. The minimum absolute atomic E-state index is 0.0362. The first kappa shape index (κ1) is 19.1. The molecule has 0 bridgehead atoms. The van der Waals surface area contributed by atoms with Crippen LogP contribution in [0.1, 0.15) is 5.56 Å². The summed E-state index contributed by atoms with van der Waals surface area (Å²) in [4.78, 5) is 12.5. The van der Waals surface area contributed by atoms with Crippen LogP contribution in [-0.4, -0.2) is 20.9 Å². The molecular formula is C19H17FN2O3S2. The Bertz CT molecular complexity index is 1050. The van der Waals surface area contributed by atoms with E-state index >= 15 is 0 Å². The molecule has 0 unspecified atom stereocenters. The average Bonchev–Trinajstić information content (AvgIpc) is 3.16. The Balaban J connectivity index is 1.93. The van der Waals surface area contributed by atoms with Gasteiger partial charge in [0.2, 0.25) is 5.91 Å². The number of aryl methyl sites for hydroxylation is 1. The van der Waals surface area contributed by atoms with E-state index in [0.29, 0.717) is 5.69 Å². The van der Waals surface area contributed by atoms with Crippen molar-refractivity contribution in [1.82, 2.24) is 0 Å². The maximum atomic E-state index is 14.3. The fourth-order valence-electron chi connectivity index (χ4n) is 2.53. The molecule has 27 heavy (non-hydrogen) atoms. The topological polar surface area (TPSA) is 66.5 Å². The van der Waals surface area contributed by atoms with Gasteiger partial charge in [-0.3, -0.25) is 9.10 Å². The number of nitrogens with zero attached hydrogens (tertiary/aromatic N) is 1. The molecule has 0 saturated carbocycles. The van der Waals surface area contributed by atoms with Crippen LogP contribution in [0, 0.1) is 12.7 Å². The van der Waals surface area contributed by atoms with E-state index in [-0.39, 0.29) is 9.90 Å². The van der Waals surface area contributed by atoms with Crippen molar-refractivity contribution in [1.29, 1.82) is 0 Å². The van der Waals surface area contributed by atoms with Crippen molar-refractivity contribution < 1.29 is 17.6 Å². The first-order valence-electron chi connectivity index (χ1n) is 8.05. The van der Waals surface area contributed by atoms with Crippen molar-refractivity contribution in [2.75, 3.05) is 16.2 Å². The fraction of sp³-hybridized carbons (Fsp3) is 0.105. The van der Waals surface area contributed by atoms with Gasteiger partial charge in [0, 0.05) is 5.69 Å². The molecule has 140 valence electrons. The summed E-state index contributed by atoms with van der Waals surface area (Å²) in [5.74, 6) is -1.29. The number of hydrogen-bond donors (Lipinski definition) is 1. The van der Waals surface area contributed by atoms with Crippen molar-refractivity contribution >= 4 is 38.6 Å². The third kappa shape index (κ3) is 4.35. The minimum atomic E-state index is -4.08. The third-order valence-electron chi connectivity index (χ3n) is 3.75. The van der Waals surface area contributed by atoms with Gasteiger partial charge >= 0.3 is 0 Å². The summed E-state index contributed by atoms with van der Waals surface area (Å²) in [6.07, 6.45) is 0. The standard InChI is InChI=1S/C19H17FN2O3S2/c1-14-6-4-7-15(12-14)21-18(23)13-22(17-9-3-2-8-16(17)20)27(24,25)19-10-5-11-26-19/h2-12H,13H2,1H3,(H,21,23). The van der Waals surface area contributed by atoms with E-state index in [0.717, 1.165) is 27.3 Å². The molecule has 1 aromatic heterocycles. The lowest BCUT2D eigenvalue weighted by Gasteiger charge is -2.23. The zero-order valence-electron chi connectivity index (χ0n) is 14.4. The van der Waals surface area contributed by atoms with Gasteiger partial charge < -0.3 is 5.32 Å². The van der Waals surface area contributed by atoms with Crippen LogP contribution in [0.25, 0.3) is 0 Å². The van der Waals surface area contributed by atoms with E-state index in [4.69, 9.17) is 0 Å². The van der Waals surface area contributed by atoms with E-state index in [1.54, 1.807) is 29.6 Å². The molecule has 0 saturated heterocycles. The van der Waals surface area contributed by atoms with Gasteiger partial charge in [0.15, 0.2) is 0 Å². The molecule has 3 rings (SSSR count). The van der Waals surface area contributed by atoms with Gasteiger partial charge in [0.05, 0.1) is 5.69 Å². The van der Waals surface area contributed by atoms with E-state index in [1.807, 2.05) is 13.0 Å². The summed E-state index contributed by atoms with van der Waals surface area (Å²) in [5.41, 5.74) is 1.32. The molecule has 3 aromatic rings. The van der Waals surface area contributed by atoms with Crippen molar-refractivity contribution in [2.45, 2.75) is 11.1 Å². The monoisotopic (exact) mass is 404 g/mol. The highest BCUT2D eigenvalue weighted by Crippen LogP contribution is 2.28. The highest BCUT2D eigenvalue weighted by Gasteiger charge is 2.29. The highest BCUT2D eigenvalue weighted by atomic mass is 32.2. The number of para-hydroxylation sites is 1. The van der Waals surface area contributed by atoms with Crippen molar-refractivity contribution in [2.24, 2.45) is 0 Å². The molecule has 0 aliphatic carbocycles. The number of rotatable bonds is 6. The number of carbonyl (C=O) groups excluding carboxylic acids is 1. The Morgan fingerprint density at radius 3 is 2.56 bits per heavy atom. The van der Waals surface area contributed by atoms with E-state index in [2.05, 4.69) is 5.32 Å². The second-order valence-corrected chi connectivity index (χ2v) is 8.85. The molecular weight excluding hydrogens is 387 g/mol. The second-order valence-electron chi connectivity index (χ2n) is 5.81. The highest BCUT2D eigenvalue weighted by molar-refractivity contribution is 7.94. The molecule has 0 atom stereocenters. The smallest absolute Gasteiger partial charge is 0.274 e. The van der Waals surface area contributed by atoms with E-state index < -0.39 is 28.3 Å². The number of anilines is 2. The van der Waals surface area contributed by atoms with Crippen LogP contribution in [0.3, 0.4) is 0 Å². The lowest BCUT2D eigenvalue weighted by molar-refractivity contribution is -0.114. The molecule has 0 aliphatic heterocycles. The summed E-state index contributed by atoms with van der Waals surface area (Å²) in [5, 5.41) is 4.27. The Kier molecular flexibility index (Phi) is 5.57. The van der Waals surface area contributed by atoms with Gasteiger partial charge in [-0.1, -0.05) is 30.3 Å². The molecule has 2 aromatic carbocycles. The third-order valence-corrected chi connectivity index (χ3v) is 6.88. The number of nitrogens with one attached hydrogen (secondary N) is 1. The number of sulfonamides is 1. The van der Waals surface area contributed by atoms with Crippen LogP contribution in [0.4, 0.5) is 15.8 Å². The number of thiophene rings is 1. The number of amides is 1. The number of carbonyl (C=O) groups is 1. The molecule has 8 heteroatoms. The first-order valence-corrected chi connectivity index (χ1v) is 10.4. The van der Waals surface area contributed by atoms with Gasteiger partial charge in [0.1, 0.15) is 16.6 Å². The molecule has 1 N–H and O–H groups in total. The van der Waals surface area contributed by atoms with Crippen LogP contribution >= 0.6 is 11.3 Å². The lowest BCUT2D eigenvalue weighted by atomic mass is 10.2. The maximum Gasteiger partial charge on any atom is 0.274 e. The summed E-state index contributed by atoms with van der Waals surface area (Å²) < 4.78 is 41.1. The van der Waals surface area contributed by atoms with Crippen molar-refractivity contribution in [3.05, 3.63) is 77.4 Å². The van der Waals surface area contributed by atoms with Gasteiger partial charge in [-0.05, 0) is 48.2 Å². The van der Waals surface area contributed by atoms with Crippen molar-refractivity contribution in [3.8, 4) is 0 Å². The summed E-state index contributed by atoms with van der Waals surface area (Å²) in [6, 6.07) is 15.6.